The molecule has 2 heterocycles. The quantitative estimate of drug-likeness (QED) is 0.171. The van der Waals surface area contributed by atoms with Gasteiger partial charge in [-0.05, 0) is 125 Å². The highest BCUT2D eigenvalue weighted by Gasteiger charge is 2.28. The summed E-state index contributed by atoms with van der Waals surface area (Å²) in [6, 6.07) is 68.5. The van der Waals surface area contributed by atoms with Gasteiger partial charge in [0, 0.05) is 50.3 Å². The summed E-state index contributed by atoms with van der Waals surface area (Å²) >= 11 is 0. The monoisotopic (exact) mass is 703 g/mol. The molecule has 8 aromatic carbocycles. The van der Waals surface area contributed by atoms with E-state index in [1.165, 1.54) is 71.9 Å². The Morgan fingerprint density at radius 1 is 0.473 bits per heavy atom. The zero-order valence-corrected chi connectivity index (χ0v) is 30.3. The summed E-state index contributed by atoms with van der Waals surface area (Å²) in [6.45, 7) is 0. The van der Waals surface area contributed by atoms with E-state index >= 15 is 0 Å². The summed E-state index contributed by atoms with van der Waals surface area (Å²) in [5.74, 6) is 0. The molecule has 260 valence electrons. The molecule has 11 rings (SSSR count). The van der Waals surface area contributed by atoms with Crippen LogP contribution in [0.15, 0.2) is 206 Å². The minimum atomic E-state index is 1.04. The smallest absolute Gasteiger partial charge is 0.0546 e. The maximum absolute atomic E-state index is 2.50. The molecular formula is C52H37N3. The molecule has 55 heavy (non-hydrogen) atoms. The molecule has 1 aliphatic carbocycles. The van der Waals surface area contributed by atoms with Crippen molar-refractivity contribution in [1.82, 2.24) is 4.57 Å². The van der Waals surface area contributed by atoms with Crippen LogP contribution in [0.2, 0.25) is 0 Å². The van der Waals surface area contributed by atoms with Crippen molar-refractivity contribution < 1.29 is 0 Å². The average Bonchev–Trinajstić information content (AvgIpc) is 3.58. The van der Waals surface area contributed by atoms with Crippen molar-refractivity contribution in [3.63, 3.8) is 0 Å². The van der Waals surface area contributed by atoms with E-state index in [-0.39, 0.29) is 0 Å². The molecule has 0 fully saturated rings. The van der Waals surface area contributed by atoms with Gasteiger partial charge in [0.05, 0.1) is 16.7 Å². The predicted octanol–water partition coefficient (Wildman–Crippen LogP) is 14.3. The van der Waals surface area contributed by atoms with Gasteiger partial charge in [0.15, 0.2) is 0 Å². The Hall–Kier alpha value is -7.10. The second kappa shape index (κ2) is 12.8. The van der Waals surface area contributed by atoms with Crippen LogP contribution in [0.5, 0.6) is 0 Å². The summed E-state index contributed by atoms with van der Waals surface area (Å²) in [5, 5.41) is 5.05. The van der Waals surface area contributed by atoms with E-state index in [4.69, 9.17) is 0 Å². The SMILES string of the molecule is C1=CC2=C(CC1)c1cccc3cccc(c13)N2c1ccc2c(c1)c1cc(N(c3ccccc3)c3ccc(-c4ccccc4)cc3)ccc1n2-c1ccccc1. The Balaban J connectivity index is 1.13. The first-order chi connectivity index (χ1) is 27.3. The number of benzene rings is 8. The van der Waals surface area contributed by atoms with Gasteiger partial charge in [-0.15, -0.1) is 0 Å². The second-order valence-electron chi connectivity index (χ2n) is 14.5. The fourth-order valence-corrected chi connectivity index (χ4v) is 8.89. The first-order valence-electron chi connectivity index (χ1n) is 19.2. The molecule has 0 atom stereocenters. The molecule has 0 saturated carbocycles. The van der Waals surface area contributed by atoms with Crippen LogP contribution in [0.3, 0.4) is 0 Å². The van der Waals surface area contributed by atoms with Gasteiger partial charge in [-0.2, -0.15) is 0 Å². The summed E-state index contributed by atoms with van der Waals surface area (Å²) < 4.78 is 2.41. The largest absolute Gasteiger partial charge is 0.310 e. The van der Waals surface area contributed by atoms with E-state index in [9.17, 15) is 0 Å². The van der Waals surface area contributed by atoms with Crippen LogP contribution in [-0.2, 0) is 0 Å². The van der Waals surface area contributed by atoms with Crippen LogP contribution < -0.4 is 9.80 Å². The minimum absolute atomic E-state index is 1.04. The zero-order chi connectivity index (χ0) is 36.3. The molecule has 1 aromatic heterocycles. The highest BCUT2D eigenvalue weighted by Crippen LogP contribution is 2.49. The average molecular weight is 704 g/mol. The molecule has 0 spiro atoms. The van der Waals surface area contributed by atoms with Crippen molar-refractivity contribution in [3.05, 3.63) is 211 Å². The Bertz CT molecular complexity index is 2950. The van der Waals surface area contributed by atoms with Crippen LogP contribution in [0.1, 0.15) is 18.4 Å². The topological polar surface area (TPSA) is 11.4 Å². The first-order valence-corrected chi connectivity index (χ1v) is 19.2. The molecule has 9 aromatic rings. The number of nitrogens with zero attached hydrogens (tertiary/aromatic N) is 3. The van der Waals surface area contributed by atoms with Crippen LogP contribution >= 0.6 is 0 Å². The van der Waals surface area contributed by atoms with Gasteiger partial charge in [0.25, 0.3) is 0 Å². The summed E-state index contributed by atoms with van der Waals surface area (Å²) in [5.41, 5.74) is 15.7. The Morgan fingerprint density at radius 2 is 1.11 bits per heavy atom. The lowest BCUT2D eigenvalue weighted by Crippen LogP contribution is -2.21. The van der Waals surface area contributed by atoms with Crippen LogP contribution in [0, 0.1) is 0 Å². The number of rotatable bonds is 6. The zero-order valence-electron chi connectivity index (χ0n) is 30.3. The van der Waals surface area contributed by atoms with E-state index < -0.39 is 0 Å². The van der Waals surface area contributed by atoms with Crippen molar-refractivity contribution in [3.8, 4) is 16.8 Å². The number of allylic oxidation sites excluding steroid dienone is 3. The van der Waals surface area contributed by atoms with Gasteiger partial charge in [-0.1, -0.05) is 115 Å². The van der Waals surface area contributed by atoms with E-state index in [0.717, 1.165) is 35.6 Å². The molecule has 0 amide bonds. The molecule has 0 bridgehead atoms. The fraction of sp³-hybridized carbons (Fsp3) is 0.0385. The molecule has 3 heteroatoms. The molecular weight excluding hydrogens is 667 g/mol. The van der Waals surface area contributed by atoms with Crippen molar-refractivity contribution in [2.45, 2.75) is 12.8 Å². The molecule has 3 nitrogen and oxygen atoms in total. The first kappa shape index (κ1) is 31.4. The van der Waals surface area contributed by atoms with Crippen LogP contribution in [-0.4, -0.2) is 4.57 Å². The lowest BCUT2D eigenvalue weighted by Gasteiger charge is -2.36. The number of hydrogen-bond acceptors (Lipinski definition) is 2. The highest BCUT2D eigenvalue weighted by molar-refractivity contribution is 6.14. The van der Waals surface area contributed by atoms with Crippen LogP contribution in [0.25, 0.3) is 55.0 Å². The maximum atomic E-state index is 2.50. The van der Waals surface area contributed by atoms with Gasteiger partial charge in [0.2, 0.25) is 0 Å². The predicted molar refractivity (Wildman–Crippen MR) is 232 cm³/mol. The van der Waals surface area contributed by atoms with E-state index in [2.05, 4.69) is 215 Å². The summed E-state index contributed by atoms with van der Waals surface area (Å²) in [4.78, 5) is 4.87. The molecule has 0 saturated heterocycles. The summed E-state index contributed by atoms with van der Waals surface area (Å²) in [7, 11) is 0. The molecule has 1 aliphatic heterocycles. The molecule has 2 aliphatic rings. The fourth-order valence-electron chi connectivity index (χ4n) is 8.89. The molecule has 0 N–H and O–H groups in total. The maximum Gasteiger partial charge on any atom is 0.0546 e. The van der Waals surface area contributed by atoms with E-state index in [1.54, 1.807) is 0 Å². The third kappa shape index (κ3) is 5.12. The van der Waals surface area contributed by atoms with Gasteiger partial charge in [0.1, 0.15) is 0 Å². The Morgan fingerprint density at radius 3 is 1.89 bits per heavy atom. The van der Waals surface area contributed by atoms with Gasteiger partial charge in [-0.3, -0.25) is 0 Å². The Labute approximate surface area is 320 Å². The third-order valence-electron chi connectivity index (χ3n) is 11.3. The Kier molecular flexibility index (Phi) is 7.31. The van der Waals surface area contributed by atoms with Gasteiger partial charge >= 0.3 is 0 Å². The molecule has 0 unspecified atom stereocenters. The van der Waals surface area contributed by atoms with Gasteiger partial charge in [-0.25, -0.2) is 0 Å². The van der Waals surface area contributed by atoms with Crippen molar-refractivity contribution in [2.75, 3.05) is 9.80 Å². The lowest BCUT2D eigenvalue weighted by atomic mass is 9.86. The summed E-state index contributed by atoms with van der Waals surface area (Å²) in [6.07, 6.45) is 6.77. The number of aromatic nitrogens is 1. The van der Waals surface area contributed by atoms with E-state index in [1.807, 2.05) is 0 Å². The highest BCUT2D eigenvalue weighted by atomic mass is 15.2. The number of hydrogen-bond donors (Lipinski definition) is 0. The lowest BCUT2D eigenvalue weighted by molar-refractivity contribution is 1.01. The molecule has 0 radical (unpaired) electrons. The van der Waals surface area contributed by atoms with Crippen molar-refractivity contribution in [1.29, 1.82) is 0 Å². The number of anilines is 5. The van der Waals surface area contributed by atoms with Crippen molar-refractivity contribution >= 4 is 66.6 Å². The standard InChI is InChI=1S/C52H37N3/c1-4-14-36(15-5-1)37-26-28-41(29-27-37)53(39-18-6-2-7-19-39)42-30-32-49-46(34-42)47-35-43(31-33-50(47)54(49)40-20-8-3-9-21-40)55-48-24-11-10-22-44(48)45-23-12-16-38-17-13-25-51(55)52(38)45/h1-9,11-21,23-35H,10,22H2. The van der Waals surface area contributed by atoms with E-state index in [0.29, 0.717) is 0 Å². The van der Waals surface area contributed by atoms with Crippen LogP contribution in [0.4, 0.5) is 28.4 Å². The van der Waals surface area contributed by atoms with Gasteiger partial charge < -0.3 is 14.4 Å². The minimum Gasteiger partial charge on any atom is -0.310 e. The number of para-hydroxylation sites is 2. The normalized spacial score (nSPS) is 13.5. The second-order valence-corrected chi connectivity index (χ2v) is 14.5. The third-order valence-corrected chi connectivity index (χ3v) is 11.3. The van der Waals surface area contributed by atoms with Crippen molar-refractivity contribution in [2.24, 2.45) is 0 Å². The number of fused-ring (bicyclic) bond motifs is 4.